The van der Waals surface area contributed by atoms with Crippen LogP contribution in [0.25, 0.3) is 11.4 Å². The van der Waals surface area contributed by atoms with Gasteiger partial charge in [0.1, 0.15) is 5.69 Å². The van der Waals surface area contributed by atoms with Crippen molar-refractivity contribution in [1.29, 1.82) is 0 Å². The Balaban J connectivity index is 2.46. The summed E-state index contributed by atoms with van der Waals surface area (Å²) in [5.41, 5.74) is -0.161. The topological polar surface area (TPSA) is 41.6 Å². The third-order valence-corrected chi connectivity index (χ3v) is 2.21. The molecule has 0 spiro atoms. The number of aromatic amines is 1. The summed E-state index contributed by atoms with van der Waals surface area (Å²) in [5.74, 6) is 0. The predicted octanol–water partition coefficient (Wildman–Crippen LogP) is 3.14. The molecule has 1 N–H and O–H groups in total. The van der Waals surface area contributed by atoms with Crippen LogP contribution in [0.5, 0.6) is 0 Å². The van der Waals surface area contributed by atoms with Gasteiger partial charge in [-0.1, -0.05) is 11.6 Å². The van der Waals surface area contributed by atoms with Crippen LogP contribution in [0.3, 0.4) is 0 Å². The highest BCUT2D eigenvalue weighted by Gasteiger charge is 2.31. The summed E-state index contributed by atoms with van der Waals surface area (Å²) in [4.78, 5) is 3.66. The first-order valence-electron chi connectivity index (χ1n) is 4.21. The van der Waals surface area contributed by atoms with Gasteiger partial charge in [-0.15, -0.1) is 0 Å². The molecular weight excluding hydrogens is 243 g/mol. The number of nitrogens with one attached hydrogen (secondary N) is 1. The van der Waals surface area contributed by atoms with Gasteiger partial charge in [0.25, 0.3) is 0 Å². The SMILES string of the molecule is FC(F)(F)c1cnc(-c2ccn[nH]2)c(Cl)c1. The van der Waals surface area contributed by atoms with Crippen molar-refractivity contribution in [1.82, 2.24) is 15.2 Å². The Kier molecular flexibility index (Phi) is 2.59. The summed E-state index contributed by atoms with van der Waals surface area (Å²) in [6, 6.07) is 2.41. The number of hydrogen-bond donors (Lipinski definition) is 1. The van der Waals surface area contributed by atoms with Gasteiger partial charge in [0, 0.05) is 12.4 Å². The predicted molar refractivity (Wildman–Crippen MR) is 51.8 cm³/mol. The van der Waals surface area contributed by atoms with Crippen molar-refractivity contribution in [2.75, 3.05) is 0 Å². The van der Waals surface area contributed by atoms with E-state index in [0.717, 1.165) is 12.3 Å². The normalized spacial score (nSPS) is 11.8. The average molecular weight is 248 g/mol. The Morgan fingerprint density at radius 1 is 1.31 bits per heavy atom. The molecular formula is C9H5ClF3N3. The quantitative estimate of drug-likeness (QED) is 0.841. The van der Waals surface area contributed by atoms with Crippen LogP contribution >= 0.6 is 11.6 Å². The zero-order chi connectivity index (χ0) is 11.8. The van der Waals surface area contributed by atoms with E-state index in [1.165, 1.54) is 6.20 Å². The summed E-state index contributed by atoms with van der Waals surface area (Å²) in [6.07, 6.45) is -2.24. The Bertz CT molecular complexity index is 493. The van der Waals surface area contributed by atoms with Gasteiger partial charge in [-0.3, -0.25) is 10.1 Å². The highest BCUT2D eigenvalue weighted by atomic mass is 35.5. The van der Waals surface area contributed by atoms with Gasteiger partial charge >= 0.3 is 6.18 Å². The van der Waals surface area contributed by atoms with Gasteiger partial charge in [0.2, 0.25) is 0 Å². The molecule has 16 heavy (non-hydrogen) atoms. The number of halogens is 4. The molecule has 0 saturated heterocycles. The molecule has 0 aliphatic rings. The molecule has 2 aromatic rings. The van der Waals surface area contributed by atoms with E-state index in [1.807, 2.05) is 0 Å². The third-order valence-electron chi connectivity index (χ3n) is 1.92. The Hall–Kier alpha value is -1.56. The van der Waals surface area contributed by atoms with E-state index in [1.54, 1.807) is 6.07 Å². The molecule has 0 aliphatic carbocycles. The first kappa shape index (κ1) is 10.9. The number of pyridine rings is 1. The number of H-pyrrole nitrogens is 1. The lowest BCUT2D eigenvalue weighted by Crippen LogP contribution is -2.05. The standard InChI is InChI=1S/C9H5ClF3N3/c10-6-3-5(9(11,12)13)4-14-8(6)7-1-2-15-16-7/h1-4H,(H,15,16). The van der Waals surface area contributed by atoms with Gasteiger partial charge in [-0.25, -0.2) is 0 Å². The lowest BCUT2D eigenvalue weighted by atomic mass is 10.2. The summed E-state index contributed by atoms with van der Waals surface area (Å²) in [7, 11) is 0. The van der Waals surface area contributed by atoms with Crippen molar-refractivity contribution in [2.45, 2.75) is 6.18 Å². The maximum absolute atomic E-state index is 12.3. The minimum Gasteiger partial charge on any atom is -0.276 e. The van der Waals surface area contributed by atoms with Crippen molar-refractivity contribution in [3.63, 3.8) is 0 Å². The zero-order valence-electron chi connectivity index (χ0n) is 7.72. The molecule has 0 unspecified atom stereocenters. The van der Waals surface area contributed by atoms with Crippen molar-refractivity contribution < 1.29 is 13.2 Å². The van der Waals surface area contributed by atoms with Crippen LogP contribution in [0.4, 0.5) is 13.2 Å². The highest BCUT2D eigenvalue weighted by Crippen LogP contribution is 2.33. The molecule has 2 rings (SSSR count). The average Bonchev–Trinajstić information content (AvgIpc) is 2.69. The number of nitrogens with zero attached hydrogens (tertiary/aromatic N) is 2. The summed E-state index contributed by atoms with van der Waals surface area (Å²) < 4.78 is 37.0. The maximum atomic E-state index is 12.3. The van der Waals surface area contributed by atoms with E-state index in [-0.39, 0.29) is 10.7 Å². The van der Waals surface area contributed by atoms with Crippen molar-refractivity contribution in [3.05, 3.63) is 35.1 Å². The second kappa shape index (κ2) is 3.79. The molecule has 0 aromatic carbocycles. The first-order valence-corrected chi connectivity index (χ1v) is 4.59. The smallest absolute Gasteiger partial charge is 0.276 e. The van der Waals surface area contributed by atoms with Gasteiger partial charge in [-0.2, -0.15) is 18.3 Å². The van der Waals surface area contributed by atoms with Crippen molar-refractivity contribution in [2.24, 2.45) is 0 Å². The molecule has 0 saturated carbocycles. The van der Waals surface area contributed by atoms with Gasteiger partial charge in [0.05, 0.1) is 16.3 Å². The zero-order valence-corrected chi connectivity index (χ0v) is 8.47. The fourth-order valence-electron chi connectivity index (χ4n) is 1.18. The van der Waals surface area contributed by atoms with Crippen LogP contribution < -0.4 is 0 Å². The Morgan fingerprint density at radius 2 is 2.06 bits per heavy atom. The molecule has 0 aliphatic heterocycles. The molecule has 0 atom stereocenters. The molecule has 84 valence electrons. The maximum Gasteiger partial charge on any atom is 0.417 e. The molecule has 3 nitrogen and oxygen atoms in total. The van der Waals surface area contributed by atoms with E-state index in [0.29, 0.717) is 5.69 Å². The van der Waals surface area contributed by atoms with Gasteiger partial charge in [0.15, 0.2) is 0 Å². The summed E-state index contributed by atoms with van der Waals surface area (Å²) in [5, 5.41) is 6.17. The number of rotatable bonds is 1. The molecule has 0 bridgehead atoms. The monoisotopic (exact) mass is 247 g/mol. The Labute approximate surface area is 93.3 Å². The second-order valence-corrected chi connectivity index (χ2v) is 3.43. The molecule has 0 radical (unpaired) electrons. The number of aromatic nitrogens is 3. The van der Waals surface area contributed by atoms with Crippen LogP contribution in [0, 0.1) is 0 Å². The first-order chi connectivity index (χ1) is 7.48. The fraction of sp³-hybridized carbons (Fsp3) is 0.111. The van der Waals surface area contributed by atoms with Crippen LogP contribution in [0.2, 0.25) is 5.02 Å². The van der Waals surface area contributed by atoms with Crippen molar-refractivity contribution in [3.8, 4) is 11.4 Å². The van der Waals surface area contributed by atoms with E-state index in [2.05, 4.69) is 15.2 Å². The molecule has 7 heteroatoms. The fourth-order valence-corrected chi connectivity index (χ4v) is 1.45. The largest absolute Gasteiger partial charge is 0.417 e. The lowest BCUT2D eigenvalue weighted by Gasteiger charge is -2.07. The van der Waals surface area contributed by atoms with Crippen LogP contribution in [0.1, 0.15) is 5.56 Å². The molecule has 2 aromatic heterocycles. The molecule has 2 heterocycles. The minimum atomic E-state index is -4.44. The number of alkyl halides is 3. The van der Waals surface area contributed by atoms with Crippen LogP contribution in [0.15, 0.2) is 24.5 Å². The van der Waals surface area contributed by atoms with Crippen LogP contribution in [-0.2, 0) is 6.18 Å². The van der Waals surface area contributed by atoms with Crippen molar-refractivity contribution >= 4 is 11.6 Å². The van der Waals surface area contributed by atoms with E-state index in [4.69, 9.17) is 11.6 Å². The number of hydrogen-bond acceptors (Lipinski definition) is 2. The van der Waals surface area contributed by atoms with Gasteiger partial charge < -0.3 is 0 Å². The van der Waals surface area contributed by atoms with E-state index >= 15 is 0 Å². The van der Waals surface area contributed by atoms with E-state index in [9.17, 15) is 13.2 Å². The summed E-state index contributed by atoms with van der Waals surface area (Å²) in [6.45, 7) is 0. The minimum absolute atomic E-state index is 0.0703. The summed E-state index contributed by atoms with van der Waals surface area (Å²) >= 11 is 5.72. The Morgan fingerprint density at radius 3 is 2.56 bits per heavy atom. The lowest BCUT2D eigenvalue weighted by molar-refractivity contribution is -0.137. The van der Waals surface area contributed by atoms with E-state index < -0.39 is 11.7 Å². The van der Waals surface area contributed by atoms with Gasteiger partial charge in [-0.05, 0) is 12.1 Å². The molecule has 0 fully saturated rings. The molecule has 0 amide bonds. The van der Waals surface area contributed by atoms with Crippen LogP contribution in [-0.4, -0.2) is 15.2 Å². The second-order valence-electron chi connectivity index (χ2n) is 3.02. The third kappa shape index (κ3) is 2.01. The highest BCUT2D eigenvalue weighted by molar-refractivity contribution is 6.33.